The topological polar surface area (TPSA) is 23.8 Å². The van der Waals surface area contributed by atoms with Gasteiger partial charge in [-0.05, 0) is 14.1 Å². The van der Waals surface area contributed by atoms with Gasteiger partial charge in [-0.15, -0.1) is 36.0 Å². The number of hydrogen-bond donors (Lipinski definition) is 0. The van der Waals surface area contributed by atoms with Gasteiger partial charge in [-0.25, -0.2) is 87.8 Å². The summed E-state index contributed by atoms with van der Waals surface area (Å²) in [6.45, 7) is 26.9. The average molecular weight is 1100 g/mol. The molecule has 0 amide bonds. The third kappa shape index (κ3) is 12.5. The Bertz CT molecular complexity index is 2150. The molecule has 0 bridgehead atoms. The summed E-state index contributed by atoms with van der Waals surface area (Å²) >= 11 is 0. The van der Waals surface area contributed by atoms with Crippen LogP contribution in [0.1, 0.15) is 20.3 Å². The molecule has 0 radical (unpaired) electrons. The van der Waals surface area contributed by atoms with E-state index in [1.807, 2.05) is 0 Å². The molecule has 0 N–H and O–H groups in total. The van der Waals surface area contributed by atoms with Crippen molar-refractivity contribution in [2.75, 3.05) is 53.4 Å². The Balaban J connectivity index is 0.000000557. The van der Waals surface area contributed by atoms with Crippen molar-refractivity contribution in [1.82, 2.24) is 14.4 Å². The molecule has 1 heterocycles. The summed E-state index contributed by atoms with van der Waals surface area (Å²) in [5.41, 5.74) is -14.3. The van der Waals surface area contributed by atoms with Crippen molar-refractivity contribution in [1.29, 1.82) is 0 Å². The van der Waals surface area contributed by atoms with Crippen molar-refractivity contribution in [3.05, 3.63) is 128 Å². The van der Waals surface area contributed by atoms with Crippen molar-refractivity contribution < 1.29 is 114 Å². The summed E-state index contributed by atoms with van der Waals surface area (Å²) in [5, 5.41) is 0. The number of benzene rings is 4. The van der Waals surface area contributed by atoms with E-state index in [-0.39, 0.29) is 25.8 Å². The second-order valence-corrected chi connectivity index (χ2v) is 26.8. The Labute approximate surface area is 411 Å². The Kier molecular flexibility index (Phi) is 21.7. The number of likely N-dealkylation sites (N-methyl/N-ethyl adjacent to an activating group) is 2. The molecule has 1 aliphatic heterocycles. The molecular formula is C42H44BF20N4ScSi2. The second-order valence-electron chi connectivity index (χ2n) is 17.8. The molecule has 1 aliphatic rings. The van der Waals surface area contributed by atoms with Crippen LogP contribution in [0.5, 0.6) is 0 Å². The summed E-state index contributed by atoms with van der Waals surface area (Å²) < 4.78 is 297. The van der Waals surface area contributed by atoms with Gasteiger partial charge in [0.25, 0.3) is 0 Å². The number of hydrogen-bond acceptors (Lipinski definition) is 3. The van der Waals surface area contributed by atoms with E-state index in [9.17, 15) is 52.7 Å². The Morgan fingerprint density at radius 1 is 0.414 bits per heavy atom. The Morgan fingerprint density at radius 2 is 0.586 bits per heavy atom. The quantitative estimate of drug-likeness (QED) is 0.0578. The van der Waals surface area contributed by atoms with Gasteiger partial charge in [0.1, 0.15) is 52.7 Å². The summed E-state index contributed by atoms with van der Waals surface area (Å²) in [6.07, 6.45) is -6.06. The third-order valence-corrected chi connectivity index (χ3v) is 14.0. The average Bonchev–Trinajstić information content (AvgIpc) is 3.35. The van der Waals surface area contributed by atoms with Crippen LogP contribution in [0, 0.1) is 123 Å². The van der Waals surface area contributed by atoms with E-state index in [4.69, 9.17) is 4.98 Å². The van der Waals surface area contributed by atoms with E-state index < -0.39 is 161 Å². The van der Waals surface area contributed by atoms with Crippen molar-refractivity contribution in [3.8, 4) is 0 Å². The van der Waals surface area contributed by atoms with Crippen LogP contribution >= 0.6 is 0 Å². The largest absolute Gasteiger partial charge is 3.00 e. The van der Waals surface area contributed by atoms with Crippen LogP contribution in [0.3, 0.4) is 0 Å². The summed E-state index contributed by atoms with van der Waals surface area (Å²) in [5.74, 6) is -71.4. The fourth-order valence-electron chi connectivity index (χ4n) is 7.39. The normalized spacial score (nSPS) is 15.0. The molecular weight excluding hydrogens is 1050 g/mol. The van der Waals surface area contributed by atoms with Gasteiger partial charge in [0, 0.05) is 47.7 Å². The maximum absolute atomic E-state index is 15.4. The Hall–Kier alpha value is -3.31. The van der Waals surface area contributed by atoms with E-state index in [2.05, 4.69) is 81.6 Å². The van der Waals surface area contributed by atoms with Crippen LogP contribution in [0.15, 0.2) is 0 Å². The monoisotopic (exact) mass is 1100 g/mol. The SMILES string of the molecule is CCC(C)[N-][Si](C)(C)N1CCN(C)CCN(C)CC1.Fc1c(F)c(F)c([B-](c2c(F)c(F)c(F)c(F)c2F)(c2c(F)c(F)c(F)c(F)c2F)c2c(F)c(F)c(F)c(F)c2F)c(F)c1F.[CH2-][Si](C)(C)C.[Sc+3]. The van der Waals surface area contributed by atoms with Gasteiger partial charge in [-0.3, -0.25) is 0 Å². The molecule has 4 aromatic carbocycles. The van der Waals surface area contributed by atoms with E-state index in [0.29, 0.717) is 6.04 Å². The van der Waals surface area contributed by atoms with Crippen LogP contribution < -0.4 is 21.9 Å². The van der Waals surface area contributed by atoms with Gasteiger partial charge in [0.15, 0.2) is 69.8 Å². The molecule has 28 heteroatoms. The van der Waals surface area contributed by atoms with Crippen molar-refractivity contribution in [2.24, 2.45) is 0 Å². The Morgan fingerprint density at radius 3 is 0.771 bits per heavy atom. The van der Waals surface area contributed by atoms with E-state index in [1.54, 1.807) is 0 Å². The molecule has 0 saturated carbocycles. The fraction of sp³-hybridized carbons (Fsp3) is 0.405. The predicted molar refractivity (Wildman–Crippen MR) is 225 cm³/mol. The van der Waals surface area contributed by atoms with Gasteiger partial charge in [0.05, 0.1) is 0 Å². The molecule has 386 valence electrons. The smallest absolute Gasteiger partial charge is 0.650 e. The van der Waals surface area contributed by atoms with Crippen LogP contribution in [-0.4, -0.2) is 96.4 Å². The van der Waals surface area contributed by atoms with Gasteiger partial charge in [-0.2, -0.15) is 0 Å². The van der Waals surface area contributed by atoms with Crippen molar-refractivity contribution in [2.45, 2.75) is 59.0 Å². The first-order valence-electron chi connectivity index (χ1n) is 20.5. The zero-order valence-corrected chi connectivity index (χ0v) is 42.5. The van der Waals surface area contributed by atoms with Gasteiger partial charge in [0.2, 0.25) is 0 Å². The minimum absolute atomic E-state index is 0. The summed E-state index contributed by atoms with van der Waals surface area (Å²) in [6, 6.07) is 0.504. The van der Waals surface area contributed by atoms with E-state index in [1.165, 1.54) is 39.3 Å². The van der Waals surface area contributed by atoms with Crippen molar-refractivity contribution >= 4 is 44.5 Å². The van der Waals surface area contributed by atoms with Crippen LogP contribution in [0.4, 0.5) is 87.8 Å². The summed E-state index contributed by atoms with van der Waals surface area (Å²) in [4.78, 5) is 10.0. The fourth-order valence-corrected chi connectivity index (χ4v) is 10.1. The number of rotatable bonds is 8. The van der Waals surface area contributed by atoms with E-state index >= 15 is 35.1 Å². The molecule has 0 aromatic heterocycles. The van der Waals surface area contributed by atoms with Crippen LogP contribution in [0.2, 0.25) is 32.7 Å². The zero-order valence-electron chi connectivity index (χ0n) is 38.7. The molecule has 1 saturated heterocycles. The molecule has 4 nitrogen and oxygen atoms in total. The van der Waals surface area contributed by atoms with Crippen LogP contribution in [-0.2, 0) is 25.8 Å². The van der Waals surface area contributed by atoms with Crippen LogP contribution in [0.25, 0.3) is 4.98 Å². The molecule has 0 aliphatic carbocycles. The van der Waals surface area contributed by atoms with Gasteiger partial charge >= 0.3 is 25.8 Å². The third-order valence-electron chi connectivity index (χ3n) is 11.0. The second kappa shape index (κ2) is 24.1. The number of halogens is 20. The first kappa shape index (κ1) is 62.8. The molecule has 0 spiro atoms. The standard InChI is InChI=1S/C24BF20.C14H33N4Si.C4H11Si.Sc/c26-5-1(6(27)14(35)21(42)13(5)34)25(2-7(28)15(36)22(43)16(37)8(2)29,3-9(30)17(38)23(44)18(39)10(3)31)4-11(32)19(40)24(45)20(41)12(4)33;1-7-14(2)15-19(5,6)18-12-10-16(3)8-9-17(4)11-13-18;1-5(2,3)4;/h;14H,7-13H2,1-6H3;1H2,2-4H3;/q3*-1;+3. The molecule has 70 heavy (non-hydrogen) atoms. The maximum atomic E-state index is 15.4. The minimum atomic E-state index is -7.22. The molecule has 1 atom stereocenters. The van der Waals surface area contributed by atoms with Gasteiger partial charge < -0.3 is 25.9 Å². The zero-order chi connectivity index (χ0) is 53.3. The molecule has 1 fully saturated rings. The number of nitrogens with zero attached hydrogens (tertiary/aromatic N) is 4. The minimum Gasteiger partial charge on any atom is -0.650 e. The molecule has 1 unspecified atom stereocenters. The van der Waals surface area contributed by atoms with E-state index in [0.717, 1.165) is 6.42 Å². The molecule has 5 rings (SSSR count). The first-order chi connectivity index (χ1) is 31.5. The van der Waals surface area contributed by atoms with Crippen molar-refractivity contribution in [3.63, 3.8) is 0 Å². The first-order valence-corrected chi connectivity index (χ1v) is 27.1. The molecule has 4 aromatic rings. The predicted octanol–water partition coefficient (Wildman–Crippen LogP) is 9.58. The maximum Gasteiger partial charge on any atom is 3.00 e. The summed E-state index contributed by atoms with van der Waals surface area (Å²) in [7, 11) is 1.99. The van der Waals surface area contributed by atoms with Gasteiger partial charge in [-0.1, -0.05) is 53.0 Å².